The Morgan fingerprint density at radius 2 is 1.94 bits per heavy atom. The van der Waals surface area contributed by atoms with E-state index in [9.17, 15) is 22.4 Å². The molecule has 13 heteroatoms. The molecule has 1 aromatic carbocycles. The van der Waals surface area contributed by atoms with E-state index in [1.54, 1.807) is 16.7 Å². The number of carbonyl (C=O) groups excluding carboxylic acids is 1. The molecule has 2 aromatic rings. The molecule has 182 valence electrons. The van der Waals surface area contributed by atoms with Gasteiger partial charge in [0.05, 0.1) is 27.9 Å². The second kappa shape index (κ2) is 8.46. The summed E-state index contributed by atoms with van der Waals surface area (Å²) in [5.41, 5.74) is -1.52. The van der Waals surface area contributed by atoms with Crippen LogP contribution in [0.2, 0.25) is 10.0 Å². The summed E-state index contributed by atoms with van der Waals surface area (Å²) in [5.74, 6) is 0.786. The molecule has 1 saturated heterocycles. The van der Waals surface area contributed by atoms with Crippen LogP contribution in [0.25, 0.3) is 0 Å². The largest absolute Gasteiger partial charge is 0.435 e. The Labute approximate surface area is 210 Å². The van der Waals surface area contributed by atoms with Gasteiger partial charge in [-0.3, -0.25) is 4.79 Å². The summed E-state index contributed by atoms with van der Waals surface area (Å²) < 4.78 is 56.5. The molecule has 0 bridgehead atoms. The highest BCUT2D eigenvalue weighted by molar-refractivity contribution is 8.00. The summed E-state index contributed by atoms with van der Waals surface area (Å²) in [6, 6.07) is 1.91. The van der Waals surface area contributed by atoms with Gasteiger partial charge in [-0.1, -0.05) is 28.4 Å². The number of halogens is 6. The van der Waals surface area contributed by atoms with Crippen LogP contribution < -0.4 is 5.32 Å². The molecule has 5 nitrogen and oxygen atoms in total. The zero-order chi connectivity index (χ0) is 24.4. The lowest BCUT2D eigenvalue weighted by Crippen LogP contribution is -2.44. The zero-order valence-corrected chi connectivity index (χ0v) is 20.7. The van der Waals surface area contributed by atoms with Gasteiger partial charge in [0.25, 0.3) is 11.5 Å². The van der Waals surface area contributed by atoms with E-state index in [4.69, 9.17) is 28.0 Å². The standard InChI is InChI=1S/C21H17Cl2F4N3O2S2/c1-9-12-5-30(6-15(12)34-18(9)19(31)28-11-7-33-8-11)16-4-20(32-29-16,21(25,26)27)10-2-13(22)17(24)14(23)3-10/h2-3,11H,4-8H2,1H3,(H,28,31). The number of amides is 1. The van der Waals surface area contributed by atoms with E-state index >= 15 is 0 Å². The maximum Gasteiger partial charge on any atom is 0.435 e. The smallest absolute Gasteiger partial charge is 0.372 e. The molecule has 1 amide bonds. The number of hydrogen-bond donors (Lipinski definition) is 1. The van der Waals surface area contributed by atoms with Crippen molar-refractivity contribution in [3.63, 3.8) is 0 Å². The molecular weight excluding hydrogens is 537 g/mol. The van der Waals surface area contributed by atoms with Crippen LogP contribution in [0.15, 0.2) is 17.3 Å². The summed E-state index contributed by atoms with van der Waals surface area (Å²) in [6.07, 6.45) is -5.48. The number of thiophene rings is 1. The Morgan fingerprint density at radius 1 is 1.26 bits per heavy atom. The maximum absolute atomic E-state index is 14.2. The van der Waals surface area contributed by atoms with Crippen molar-refractivity contribution >= 4 is 58.0 Å². The molecule has 3 aliphatic rings. The molecular formula is C21H17Cl2F4N3O2S2. The Hall–Kier alpha value is -1.69. The summed E-state index contributed by atoms with van der Waals surface area (Å²) >= 11 is 14.6. The number of thioether (sulfide) groups is 1. The van der Waals surface area contributed by atoms with E-state index in [-0.39, 0.29) is 17.8 Å². The van der Waals surface area contributed by atoms with E-state index in [0.29, 0.717) is 18.0 Å². The van der Waals surface area contributed by atoms with E-state index in [2.05, 4.69) is 10.5 Å². The first-order valence-corrected chi connectivity index (χ1v) is 12.9. The number of nitrogens with one attached hydrogen (secondary N) is 1. The third-order valence-electron chi connectivity index (χ3n) is 6.21. The van der Waals surface area contributed by atoms with Gasteiger partial charge < -0.3 is 15.1 Å². The SMILES string of the molecule is Cc1c(C(=O)NC2CSC2)sc2c1CN(C1=NOC(c3cc(Cl)c(F)c(Cl)c3)(C(F)(F)F)C1)C2. The number of hydrogen-bond acceptors (Lipinski definition) is 6. The van der Waals surface area contributed by atoms with Crippen LogP contribution in [0, 0.1) is 12.7 Å². The van der Waals surface area contributed by atoms with Gasteiger partial charge in [-0.25, -0.2) is 4.39 Å². The Kier molecular flexibility index (Phi) is 5.98. The highest BCUT2D eigenvalue weighted by Gasteiger charge is 2.63. The normalized spacial score (nSPS) is 22.3. The van der Waals surface area contributed by atoms with Crippen molar-refractivity contribution < 1.29 is 27.2 Å². The van der Waals surface area contributed by atoms with Crippen molar-refractivity contribution in [2.24, 2.45) is 5.16 Å². The van der Waals surface area contributed by atoms with Crippen LogP contribution in [0.1, 0.15) is 37.7 Å². The molecule has 5 rings (SSSR count). The van der Waals surface area contributed by atoms with E-state index < -0.39 is 39.6 Å². The van der Waals surface area contributed by atoms with Crippen LogP contribution in [-0.2, 0) is 23.5 Å². The summed E-state index contributed by atoms with van der Waals surface area (Å²) in [5, 5.41) is 5.71. The van der Waals surface area contributed by atoms with Crippen molar-refractivity contribution in [2.75, 3.05) is 11.5 Å². The second-order valence-electron chi connectivity index (χ2n) is 8.38. The summed E-state index contributed by atoms with van der Waals surface area (Å²) in [4.78, 5) is 20.8. The van der Waals surface area contributed by atoms with Crippen molar-refractivity contribution in [3.8, 4) is 0 Å². The zero-order valence-electron chi connectivity index (χ0n) is 17.6. The van der Waals surface area contributed by atoms with Crippen LogP contribution in [0.5, 0.6) is 0 Å². The molecule has 0 spiro atoms. The lowest BCUT2D eigenvalue weighted by molar-refractivity contribution is -0.275. The minimum atomic E-state index is -4.87. The average Bonchev–Trinajstić information content (AvgIpc) is 3.42. The molecule has 4 heterocycles. The minimum Gasteiger partial charge on any atom is -0.372 e. The highest BCUT2D eigenvalue weighted by atomic mass is 35.5. The van der Waals surface area contributed by atoms with Gasteiger partial charge >= 0.3 is 6.18 Å². The van der Waals surface area contributed by atoms with Crippen LogP contribution in [0.3, 0.4) is 0 Å². The topological polar surface area (TPSA) is 53.9 Å². The average molecular weight is 554 g/mol. The summed E-state index contributed by atoms with van der Waals surface area (Å²) in [6.45, 7) is 2.47. The lowest BCUT2D eigenvalue weighted by Gasteiger charge is -2.30. The first-order valence-electron chi connectivity index (χ1n) is 10.2. The highest BCUT2D eigenvalue weighted by Crippen LogP contribution is 2.50. The quantitative estimate of drug-likeness (QED) is 0.382. The van der Waals surface area contributed by atoms with Crippen molar-refractivity contribution in [1.29, 1.82) is 0 Å². The predicted octanol–water partition coefficient (Wildman–Crippen LogP) is 5.85. The fourth-order valence-corrected chi connectivity index (χ4v) is 6.54. The molecule has 0 aliphatic carbocycles. The third kappa shape index (κ3) is 3.84. The molecule has 1 unspecified atom stereocenters. The second-order valence-corrected chi connectivity index (χ2v) is 11.4. The van der Waals surface area contributed by atoms with Crippen molar-refractivity contribution in [2.45, 2.75) is 44.3 Å². The molecule has 34 heavy (non-hydrogen) atoms. The number of amidine groups is 1. The van der Waals surface area contributed by atoms with Crippen LogP contribution in [0.4, 0.5) is 17.6 Å². The van der Waals surface area contributed by atoms with E-state index in [1.807, 2.05) is 6.92 Å². The maximum atomic E-state index is 14.2. The number of rotatable bonds is 3. The predicted molar refractivity (Wildman–Crippen MR) is 124 cm³/mol. The summed E-state index contributed by atoms with van der Waals surface area (Å²) in [7, 11) is 0. The molecule has 1 N–H and O–H groups in total. The third-order valence-corrected chi connectivity index (χ3v) is 9.35. The number of alkyl halides is 3. The number of fused-ring (bicyclic) bond motifs is 1. The van der Waals surface area contributed by atoms with Crippen LogP contribution >= 0.6 is 46.3 Å². The number of nitrogens with zero attached hydrogens (tertiary/aromatic N) is 2. The minimum absolute atomic E-state index is 0.106. The molecule has 0 radical (unpaired) electrons. The number of benzene rings is 1. The Balaban J connectivity index is 1.36. The van der Waals surface area contributed by atoms with Gasteiger partial charge in [0.1, 0.15) is 5.84 Å². The van der Waals surface area contributed by atoms with Gasteiger partial charge in [0.15, 0.2) is 5.82 Å². The molecule has 1 fully saturated rings. The first kappa shape index (κ1) is 24.0. The molecule has 0 saturated carbocycles. The molecule has 1 atom stereocenters. The lowest BCUT2D eigenvalue weighted by atomic mass is 9.89. The van der Waals surface area contributed by atoms with Gasteiger partial charge in [0.2, 0.25) is 0 Å². The van der Waals surface area contributed by atoms with Crippen LogP contribution in [-0.4, -0.2) is 40.4 Å². The van der Waals surface area contributed by atoms with Crippen molar-refractivity contribution in [1.82, 2.24) is 10.2 Å². The van der Waals surface area contributed by atoms with E-state index in [0.717, 1.165) is 39.6 Å². The number of carbonyl (C=O) groups is 1. The molecule has 1 aromatic heterocycles. The van der Waals surface area contributed by atoms with E-state index in [1.165, 1.54) is 11.3 Å². The van der Waals surface area contributed by atoms with Crippen molar-refractivity contribution in [3.05, 3.63) is 54.4 Å². The number of oxime groups is 1. The monoisotopic (exact) mass is 553 g/mol. The fourth-order valence-electron chi connectivity index (χ4n) is 4.18. The van der Waals surface area contributed by atoms with Gasteiger partial charge in [-0.15, -0.1) is 11.3 Å². The Bertz CT molecular complexity index is 1190. The van der Waals surface area contributed by atoms with Gasteiger partial charge in [0, 0.05) is 34.5 Å². The fraction of sp³-hybridized carbons (Fsp3) is 0.429. The molecule has 3 aliphatic heterocycles. The Morgan fingerprint density at radius 3 is 2.50 bits per heavy atom. The van der Waals surface area contributed by atoms with Gasteiger partial charge in [-0.2, -0.15) is 24.9 Å². The first-order chi connectivity index (χ1) is 16.0. The van der Waals surface area contributed by atoms with Gasteiger partial charge in [-0.05, 0) is 30.2 Å².